The number of nitrogens with zero attached hydrogens (tertiary/aromatic N) is 1. The van der Waals surface area contributed by atoms with Crippen molar-refractivity contribution in [1.82, 2.24) is 10.2 Å². The van der Waals surface area contributed by atoms with Gasteiger partial charge in [0, 0.05) is 20.0 Å². The number of amides is 2. The van der Waals surface area contributed by atoms with E-state index in [4.69, 9.17) is 5.11 Å². The fraction of sp³-hybridized carbons (Fsp3) is 0.750. The predicted octanol–water partition coefficient (Wildman–Crippen LogP) is 0.834. The summed E-state index contributed by atoms with van der Waals surface area (Å²) >= 11 is 0. The molecule has 0 unspecified atom stereocenters. The van der Waals surface area contributed by atoms with Crippen LogP contribution >= 0.6 is 0 Å². The Balaban J connectivity index is 4.10. The van der Waals surface area contributed by atoms with Crippen LogP contribution in [0.3, 0.4) is 0 Å². The van der Waals surface area contributed by atoms with E-state index in [1.807, 2.05) is 6.92 Å². The van der Waals surface area contributed by atoms with Crippen molar-refractivity contribution in [2.24, 2.45) is 0 Å². The Morgan fingerprint density at radius 1 is 1.37 bits per heavy atom. The van der Waals surface area contributed by atoms with Crippen molar-refractivity contribution in [3.05, 3.63) is 0 Å². The minimum atomic E-state index is -1.04. The largest absolute Gasteiger partial charge is 0.480 e. The van der Waals surface area contributed by atoms with Gasteiger partial charge in [0.1, 0.15) is 6.04 Å². The minimum Gasteiger partial charge on any atom is -0.480 e. The van der Waals surface area contributed by atoms with Gasteiger partial charge in [-0.05, 0) is 12.8 Å². The summed E-state index contributed by atoms with van der Waals surface area (Å²) in [7, 11) is 2.86. The SMILES string of the molecule is CCC[C@H](NC(=O)N(C)CCCC(=O)OC)C(=O)O. The van der Waals surface area contributed by atoms with Crippen LogP contribution in [-0.2, 0) is 14.3 Å². The lowest BCUT2D eigenvalue weighted by Gasteiger charge is -2.21. The molecule has 0 rings (SSSR count). The van der Waals surface area contributed by atoms with Gasteiger partial charge >= 0.3 is 18.0 Å². The standard InChI is InChI=1S/C12H22N2O5/c1-4-6-9(11(16)17)13-12(18)14(2)8-5-7-10(15)19-3/h9H,4-8H2,1-3H3,(H,13,18)(H,16,17)/t9-/m0/s1. The lowest BCUT2D eigenvalue weighted by Crippen LogP contribution is -2.46. The second kappa shape index (κ2) is 9.18. The number of rotatable bonds is 8. The van der Waals surface area contributed by atoms with Gasteiger partial charge in [-0.3, -0.25) is 4.79 Å². The molecule has 0 spiro atoms. The summed E-state index contributed by atoms with van der Waals surface area (Å²) in [5.74, 6) is -1.37. The van der Waals surface area contributed by atoms with Crippen molar-refractivity contribution in [3.63, 3.8) is 0 Å². The lowest BCUT2D eigenvalue weighted by molar-refractivity contribution is -0.141. The first-order chi connectivity index (χ1) is 8.92. The first kappa shape index (κ1) is 17.2. The Hall–Kier alpha value is -1.79. The summed E-state index contributed by atoms with van der Waals surface area (Å²) in [4.78, 5) is 34.9. The van der Waals surface area contributed by atoms with E-state index in [2.05, 4.69) is 10.1 Å². The van der Waals surface area contributed by atoms with Gasteiger partial charge in [-0.1, -0.05) is 13.3 Å². The number of carboxylic acids is 1. The molecule has 2 amide bonds. The molecule has 0 saturated heterocycles. The smallest absolute Gasteiger partial charge is 0.326 e. The van der Waals surface area contributed by atoms with E-state index in [9.17, 15) is 14.4 Å². The zero-order valence-electron chi connectivity index (χ0n) is 11.6. The number of ether oxygens (including phenoxy) is 1. The molecule has 0 aliphatic rings. The van der Waals surface area contributed by atoms with Crippen molar-refractivity contribution in [3.8, 4) is 0 Å². The molecule has 0 aromatic carbocycles. The molecule has 0 aliphatic heterocycles. The third-order valence-electron chi connectivity index (χ3n) is 2.62. The van der Waals surface area contributed by atoms with Gasteiger partial charge in [0.05, 0.1) is 7.11 Å². The van der Waals surface area contributed by atoms with Crippen LogP contribution in [0.15, 0.2) is 0 Å². The minimum absolute atomic E-state index is 0.228. The van der Waals surface area contributed by atoms with Crippen molar-refractivity contribution in [1.29, 1.82) is 0 Å². The van der Waals surface area contributed by atoms with E-state index in [0.29, 0.717) is 25.8 Å². The van der Waals surface area contributed by atoms with E-state index in [1.54, 1.807) is 7.05 Å². The van der Waals surface area contributed by atoms with Crippen LogP contribution in [0.5, 0.6) is 0 Å². The first-order valence-electron chi connectivity index (χ1n) is 6.23. The van der Waals surface area contributed by atoms with Crippen molar-refractivity contribution in [2.45, 2.75) is 38.6 Å². The summed E-state index contributed by atoms with van der Waals surface area (Å²) < 4.78 is 4.48. The van der Waals surface area contributed by atoms with E-state index in [1.165, 1.54) is 12.0 Å². The molecule has 110 valence electrons. The third-order valence-corrected chi connectivity index (χ3v) is 2.62. The highest BCUT2D eigenvalue weighted by Crippen LogP contribution is 2.00. The molecule has 0 saturated carbocycles. The number of hydrogen-bond donors (Lipinski definition) is 2. The Kier molecular flexibility index (Phi) is 8.32. The van der Waals surface area contributed by atoms with E-state index >= 15 is 0 Å². The maximum Gasteiger partial charge on any atom is 0.326 e. The van der Waals surface area contributed by atoms with Crippen LogP contribution in [0.4, 0.5) is 4.79 Å². The van der Waals surface area contributed by atoms with Gasteiger partial charge < -0.3 is 20.1 Å². The molecule has 0 aliphatic carbocycles. The second-order valence-electron chi connectivity index (χ2n) is 4.23. The number of urea groups is 1. The van der Waals surface area contributed by atoms with Crippen LogP contribution in [0, 0.1) is 0 Å². The third kappa shape index (κ3) is 7.28. The molecule has 0 heterocycles. The topological polar surface area (TPSA) is 95.9 Å². The quantitative estimate of drug-likeness (QED) is 0.639. The summed E-state index contributed by atoms with van der Waals surface area (Å²) in [5.41, 5.74) is 0. The highest BCUT2D eigenvalue weighted by atomic mass is 16.5. The maximum absolute atomic E-state index is 11.7. The van der Waals surface area contributed by atoms with E-state index in [0.717, 1.165) is 0 Å². The molecule has 1 atom stereocenters. The van der Waals surface area contributed by atoms with Crippen LogP contribution in [0.2, 0.25) is 0 Å². The molecule has 0 aromatic rings. The van der Waals surface area contributed by atoms with E-state index in [-0.39, 0.29) is 12.4 Å². The fourth-order valence-corrected chi connectivity index (χ4v) is 1.47. The number of methoxy groups -OCH3 is 1. The Morgan fingerprint density at radius 3 is 2.47 bits per heavy atom. The molecule has 0 bridgehead atoms. The van der Waals surface area contributed by atoms with Crippen molar-refractivity contribution in [2.75, 3.05) is 20.7 Å². The monoisotopic (exact) mass is 274 g/mol. The number of carbonyl (C=O) groups is 3. The summed E-state index contributed by atoms with van der Waals surface area (Å²) in [6.45, 7) is 2.21. The molecule has 0 fully saturated rings. The lowest BCUT2D eigenvalue weighted by atomic mass is 10.2. The molecular weight excluding hydrogens is 252 g/mol. The average Bonchev–Trinajstić information content (AvgIpc) is 2.37. The second-order valence-corrected chi connectivity index (χ2v) is 4.23. The van der Waals surface area contributed by atoms with Gasteiger partial charge in [-0.15, -0.1) is 0 Å². The van der Waals surface area contributed by atoms with Gasteiger partial charge in [-0.2, -0.15) is 0 Å². The number of carbonyl (C=O) groups excluding carboxylic acids is 2. The highest BCUT2D eigenvalue weighted by Gasteiger charge is 2.20. The average molecular weight is 274 g/mol. The summed E-state index contributed by atoms with van der Waals surface area (Å²) in [6.07, 6.45) is 1.76. The number of nitrogens with one attached hydrogen (secondary N) is 1. The van der Waals surface area contributed by atoms with Crippen LogP contribution < -0.4 is 5.32 Å². The van der Waals surface area contributed by atoms with Crippen LogP contribution in [-0.4, -0.2) is 54.7 Å². The molecule has 0 radical (unpaired) electrons. The number of esters is 1. The Bertz CT molecular complexity index is 319. The summed E-state index contributed by atoms with van der Waals surface area (Å²) in [6, 6.07) is -1.33. The van der Waals surface area contributed by atoms with Gasteiger partial charge in [0.25, 0.3) is 0 Å². The predicted molar refractivity (Wildman–Crippen MR) is 68.7 cm³/mol. The number of carboxylic acid groups (broad SMARTS) is 1. The molecule has 2 N–H and O–H groups in total. The number of aliphatic carboxylic acids is 1. The van der Waals surface area contributed by atoms with E-state index < -0.39 is 18.0 Å². The van der Waals surface area contributed by atoms with Gasteiger partial charge in [-0.25, -0.2) is 9.59 Å². The van der Waals surface area contributed by atoms with Crippen molar-refractivity contribution < 1.29 is 24.2 Å². The molecule has 7 heteroatoms. The fourth-order valence-electron chi connectivity index (χ4n) is 1.47. The first-order valence-corrected chi connectivity index (χ1v) is 6.23. The zero-order chi connectivity index (χ0) is 14.8. The molecule has 7 nitrogen and oxygen atoms in total. The van der Waals surface area contributed by atoms with Crippen LogP contribution in [0.25, 0.3) is 0 Å². The van der Waals surface area contributed by atoms with Gasteiger partial charge in [0.15, 0.2) is 0 Å². The van der Waals surface area contributed by atoms with Crippen LogP contribution in [0.1, 0.15) is 32.6 Å². The molecular formula is C12H22N2O5. The van der Waals surface area contributed by atoms with Crippen molar-refractivity contribution >= 4 is 18.0 Å². The zero-order valence-corrected chi connectivity index (χ0v) is 11.6. The molecule has 0 aromatic heterocycles. The normalized spacial score (nSPS) is 11.5. The maximum atomic E-state index is 11.7. The van der Waals surface area contributed by atoms with Gasteiger partial charge in [0.2, 0.25) is 0 Å². The molecule has 19 heavy (non-hydrogen) atoms. The Labute approximate surface area is 112 Å². The summed E-state index contributed by atoms with van der Waals surface area (Å²) in [5, 5.41) is 11.4. The number of hydrogen-bond acceptors (Lipinski definition) is 4. The highest BCUT2D eigenvalue weighted by molar-refractivity contribution is 5.82. The Morgan fingerprint density at radius 2 is 2.00 bits per heavy atom.